The second-order valence-electron chi connectivity index (χ2n) is 11.8. The Kier molecular flexibility index (Phi) is 11.7. The first-order valence-electron chi connectivity index (χ1n) is 15.3. The topological polar surface area (TPSA) is 435 Å². The standard InChI is InChI=1S/C29H22N8O18S5/c1-13-8-14(31-34-20-9-15(56(41,42)43)4-7-23(20)58(47,48)49)2-5-18(13)32-35-21-12-24(59(50,51)52)17-11-25(60(53,54)55)28(29(38)26(17)27(21)30)36-33-19-6-3-16(57(44,45)46)10-22(19)37(39)40/h2-12,38H,30H2,1H3,(H,41,42,43)(H,44,45,46)(H,47,48,49)(H,50,51,52)(H,53,54,55). The minimum Gasteiger partial charge on any atom is -0.505 e. The highest BCUT2D eigenvalue weighted by Gasteiger charge is 2.29. The highest BCUT2D eigenvalue weighted by molar-refractivity contribution is 7.87. The van der Waals surface area contributed by atoms with Crippen molar-refractivity contribution in [3.05, 3.63) is 82.4 Å². The van der Waals surface area contributed by atoms with Gasteiger partial charge in [-0.3, -0.25) is 32.9 Å². The Morgan fingerprint density at radius 1 is 0.550 bits per heavy atom. The molecular formula is C29H22N8O18S5. The minimum absolute atomic E-state index is 0.00380. The molecule has 0 bridgehead atoms. The molecule has 60 heavy (non-hydrogen) atoms. The number of fused-ring (bicyclic) bond motifs is 1. The van der Waals surface area contributed by atoms with Gasteiger partial charge in [0.15, 0.2) is 11.4 Å². The van der Waals surface area contributed by atoms with E-state index in [9.17, 15) is 80.1 Å². The minimum atomic E-state index is -5.49. The van der Waals surface area contributed by atoms with Gasteiger partial charge in [0.1, 0.15) is 36.6 Å². The second kappa shape index (κ2) is 15.7. The van der Waals surface area contributed by atoms with Crippen LogP contribution < -0.4 is 5.73 Å². The van der Waals surface area contributed by atoms with Gasteiger partial charge in [-0.15, -0.1) is 20.5 Å². The number of benzene rings is 5. The number of aromatic hydroxyl groups is 1. The molecule has 0 aliphatic carbocycles. The van der Waals surface area contributed by atoms with Gasteiger partial charge in [-0.2, -0.15) is 52.3 Å². The summed E-state index contributed by atoms with van der Waals surface area (Å²) in [7, 11) is -25.6. The van der Waals surface area contributed by atoms with Crippen LogP contribution in [0.4, 0.5) is 45.5 Å². The number of rotatable bonds is 12. The lowest BCUT2D eigenvalue weighted by molar-refractivity contribution is -0.384. The summed E-state index contributed by atoms with van der Waals surface area (Å²) in [6.07, 6.45) is 0. The van der Waals surface area contributed by atoms with E-state index in [0.29, 0.717) is 48.5 Å². The Bertz CT molecular complexity index is 3360. The molecule has 0 aromatic heterocycles. The third-order valence-electron chi connectivity index (χ3n) is 7.80. The molecule has 8 N–H and O–H groups in total. The Morgan fingerprint density at radius 2 is 1.07 bits per heavy atom. The Balaban J connectivity index is 1.63. The molecule has 0 aliphatic rings. The summed E-state index contributed by atoms with van der Waals surface area (Å²) in [6, 6.07) is 8.44. The summed E-state index contributed by atoms with van der Waals surface area (Å²) >= 11 is 0. The molecule has 26 nitrogen and oxygen atoms in total. The van der Waals surface area contributed by atoms with Gasteiger partial charge in [0.25, 0.3) is 56.3 Å². The number of nitro benzene ring substituents is 1. The number of azo groups is 3. The molecule has 5 rings (SSSR count). The normalized spacial score (nSPS) is 13.2. The van der Waals surface area contributed by atoms with Crippen molar-refractivity contribution in [2.75, 3.05) is 5.73 Å². The molecule has 0 heterocycles. The lowest BCUT2D eigenvalue weighted by atomic mass is 10.0. The Labute approximate surface area is 336 Å². The molecule has 0 atom stereocenters. The van der Waals surface area contributed by atoms with Gasteiger partial charge in [-0.1, -0.05) is 0 Å². The van der Waals surface area contributed by atoms with Crippen LogP contribution in [0.25, 0.3) is 10.8 Å². The van der Waals surface area contributed by atoms with E-state index in [1.54, 1.807) is 0 Å². The zero-order chi connectivity index (χ0) is 44.9. The number of hydrogen-bond acceptors (Lipinski definition) is 20. The summed E-state index contributed by atoms with van der Waals surface area (Å²) in [6.45, 7) is 1.43. The number of hydrogen-bond donors (Lipinski definition) is 7. The highest BCUT2D eigenvalue weighted by atomic mass is 32.2. The number of phenolic OH excluding ortho intramolecular Hbond substituents is 1. The second-order valence-corrected chi connectivity index (χ2v) is 18.8. The van der Waals surface area contributed by atoms with Crippen molar-refractivity contribution < 1.29 is 74.9 Å². The summed E-state index contributed by atoms with van der Waals surface area (Å²) < 4.78 is 168. The van der Waals surface area contributed by atoms with E-state index in [1.165, 1.54) is 25.1 Å². The molecule has 0 saturated carbocycles. The molecule has 0 amide bonds. The van der Waals surface area contributed by atoms with Gasteiger partial charge in [0.05, 0.1) is 32.3 Å². The van der Waals surface area contributed by atoms with Crippen LogP contribution in [0.1, 0.15) is 5.56 Å². The van der Waals surface area contributed by atoms with Gasteiger partial charge >= 0.3 is 0 Å². The summed E-state index contributed by atoms with van der Waals surface area (Å²) in [5, 5.41) is 43.5. The number of nitrogen functional groups attached to an aromatic ring is 1. The summed E-state index contributed by atoms with van der Waals surface area (Å²) in [4.78, 5) is 5.40. The van der Waals surface area contributed by atoms with Gasteiger partial charge < -0.3 is 10.8 Å². The van der Waals surface area contributed by atoms with Crippen LogP contribution in [-0.2, 0) is 50.6 Å². The Hall–Kier alpha value is -6.29. The van der Waals surface area contributed by atoms with Crippen LogP contribution in [0.5, 0.6) is 5.75 Å². The maximum Gasteiger partial charge on any atom is 0.298 e. The third kappa shape index (κ3) is 9.60. The van der Waals surface area contributed by atoms with Crippen LogP contribution in [0.3, 0.4) is 0 Å². The number of phenols is 1. The van der Waals surface area contributed by atoms with E-state index < -0.39 is 131 Å². The largest absolute Gasteiger partial charge is 0.505 e. The fourth-order valence-electron chi connectivity index (χ4n) is 5.08. The van der Waals surface area contributed by atoms with E-state index >= 15 is 0 Å². The summed E-state index contributed by atoms with van der Waals surface area (Å²) in [5.74, 6) is -1.34. The molecular weight excluding hydrogens is 909 g/mol. The molecule has 0 aliphatic heterocycles. The molecule has 0 unspecified atom stereocenters. The number of nitrogens with zero attached hydrogens (tertiary/aromatic N) is 7. The van der Waals surface area contributed by atoms with Crippen molar-refractivity contribution in [2.45, 2.75) is 31.4 Å². The number of nitro groups is 1. The SMILES string of the molecule is Cc1cc(N=Nc2cc(S(=O)(=O)O)ccc2S(=O)(=O)O)ccc1N=Nc1cc(S(=O)(=O)O)c2cc(S(=O)(=O)O)c(N=Nc3ccc(S(=O)(=O)O)cc3[N+](=O)[O-])c(O)c2c1N. The van der Waals surface area contributed by atoms with Gasteiger partial charge in [-0.05, 0) is 73.2 Å². The first-order valence-corrected chi connectivity index (χ1v) is 22.5. The van der Waals surface area contributed by atoms with Crippen molar-refractivity contribution in [2.24, 2.45) is 30.7 Å². The number of anilines is 1. The predicted octanol–water partition coefficient (Wildman–Crippen LogP) is 5.82. The van der Waals surface area contributed by atoms with E-state index in [1.807, 2.05) is 0 Å². The zero-order valence-corrected chi connectivity index (χ0v) is 33.3. The molecule has 316 valence electrons. The van der Waals surface area contributed by atoms with Crippen molar-refractivity contribution in [1.82, 2.24) is 0 Å². The fourth-order valence-corrected chi connectivity index (χ4v) is 8.04. The molecule has 0 spiro atoms. The van der Waals surface area contributed by atoms with Crippen molar-refractivity contribution in [1.29, 1.82) is 0 Å². The molecule has 0 radical (unpaired) electrons. The van der Waals surface area contributed by atoms with Crippen LogP contribution in [-0.4, -0.2) is 74.9 Å². The quantitative estimate of drug-likeness (QED) is 0.0254. The average molecular weight is 931 g/mol. The molecule has 0 fully saturated rings. The van der Waals surface area contributed by atoms with Gasteiger partial charge in [0.2, 0.25) is 0 Å². The monoisotopic (exact) mass is 930 g/mol. The lowest BCUT2D eigenvalue weighted by Crippen LogP contribution is -2.04. The van der Waals surface area contributed by atoms with E-state index in [-0.39, 0.29) is 16.9 Å². The molecule has 31 heteroatoms. The molecule has 0 saturated heterocycles. The van der Waals surface area contributed by atoms with Crippen molar-refractivity contribution in [3.63, 3.8) is 0 Å². The zero-order valence-electron chi connectivity index (χ0n) is 29.2. The smallest absolute Gasteiger partial charge is 0.298 e. The van der Waals surface area contributed by atoms with Crippen molar-refractivity contribution in [3.8, 4) is 5.75 Å². The first-order chi connectivity index (χ1) is 27.5. The maximum atomic E-state index is 12.5. The number of nitrogens with two attached hydrogens (primary N) is 1. The fraction of sp³-hybridized carbons (Fsp3) is 0.0345. The van der Waals surface area contributed by atoms with Crippen LogP contribution >= 0.6 is 0 Å². The average Bonchev–Trinajstić information content (AvgIpc) is 3.11. The van der Waals surface area contributed by atoms with E-state index in [2.05, 4.69) is 30.7 Å². The van der Waals surface area contributed by atoms with E-state index in [4.69, 9.17) is 5.73 Å². The number of aryl methyl sites for hydroxylation is 1. The molecule has 5 aromatic carbocycles. The van der Waals surface area contributed by atoms with Crippen LogP contribution in [0.15, 0.2) is 122 Å². The van der Waals surface area contributed by atoms with Gasteiger partial charge in [0, 0.05) is 11.5 Å². The predicted molar refractivity (Wildman–Crippen MR) is 202 cm³/mol. The molecule has 5 aromatic rings. The third-order valence-corrected chi connectivity index (χ3v) is 12.2. The first kappa shape index (κ1) is 44.8. The van der Waals surface area contributed by atoms with E-state index in [0.717, 1.165) is 0 Å². The van der Waals surface area contributed by atoms with Gasteiger partial charge in [-0.25, -0.2) is 0 Å². The lowest BCUT2D eigenvalue weighted by Gasteiger charge is -2.14. The highest BCUT2D eigenvalue weighted by Crippen LogP contribution is 2.49. The summed E-state index contributed by atoms with van der Waals surface area (Å²) in [5.41, 5.74) is 1.39. The van der Waals surface area contributed by atoms with Crippen LogP contribution in [0, 0.1) is 17.0 Å². The Morgan fingerprint density at radius 3 is 1.62 bits per heavy atom. The maximum absolute atomic E-state index is 12.5. The van der Waals surface area contributed by atoms with Crippen LogP contribution in [0.2, 0.25) is 0 Å². The van der Waals surface area contributed by atoms with Crippen molar-refractivity contribution >= 4 is 107 Å².